The molecule has 0 spiro atoms. The Morgan fingerprint density at radius 1 is 0.913 bits per heavy atom. The predicted octanol–water partition coefficient (Wildman–Crippen LogP) is 5.11. The number of anilines is 2. The number of amides is 5. The third-order valence-electron chi connectivity index (χ3n) is 6.68. The van der Waals surface area contributed by atoms with Gasteiger partial charge in [-0.05, 0) is 81.3 Å². The van der Waals surface area contributed by atoms with Gasteiger partial charge in [0.2, 0.25) is 11.8 Å². The molecule has 4 aromatic rings. The quantitative estimate of drug-likeness (QED) is 0.120. The fraction of sp³-hybridized carbons (Fsp3) is 0.242. The van der Waals surface area contributed by atoms with Gasteiger partial charge in [-0.15, -0.1) is 0 Å². The van der Waals surface area contributed by atoms with Crippen LogP contribution in [0.15, 0.2) is 73.1 Å². The van der Waals surface area contributed by atoms with Gasteiger partial charge in [0, 0.05) is 43.7 Å². The van der Waals surface area contributed by atoms with Crippen molar-refractivity contribution in [3.63, 3.8) is 0 Å². The number of aromatic amines is 1. The van der Waals surface area contributed by atoms with E-state index in [1.807, 2.05) is 0 Å². The van der Waals surface area contributed by atoms with Gasteiger partial charge < -0.3 is 36.3 Å². The Bertz CT molecular complexity index is 1690. The molecule has 46 heavy (non-hydrogen) atoms. The zero-order valence-electron chi connectivity index (χ0n) is 25.7. The standard InChI is InChI=1S/C33H36FN7O5/c1-4-35-30(42)13-12-26(32(44)36-5-2)40-31(43)21-17-28(38-19-21)29-18-24(14-15-37-29)46-23-9-7-22(8-10-23)39-33(45)41-27-16-20(3)6-11-25(27)34/h6-11,14-19,26,38H,4-5,12-13H2,1-3H3,(H,35,42)(H,36,44)(H,40,43)(H2,39,41,45). The number of pyridine rings is 1. The first-order chi connectivity index (χ1) is 22.1. The van der Waals surface area contributed by atoms with E-state index in [1.165, 1.54) is 12.3 Å². The number of nitrogens with one attached hydrogen (secondary N) is 6. The molecule has 0 aliphatic heterocycles. The molecule has 0 aliphatic carbocycles. The van der Waals surface area contributed by atoms with Crippen molar-refractivity contribution in [1.82, 2.24) is 25.9 Å². The van der Waals surface area contributed by atoms with Crippen molar-refractivity contribution in [2.24, 2.45) is 0 Å². The maximum absolute atomic E-state index is 14.0. The Morgan fingerprint density at radius 2 is 1.67 bits per heavy atom. The summed E-state index contributed by atoms with van der Waals surface area (Å²) in [5.41, 5.74) is 2.70. The molecule has 2 aromatic heterocycles. The summed E-state index contributed by atoms with van der Waals surface area (Å²) in [5, 5.41) is 13.2. The van der Waals surface area contributed by atoms with Gasteiger partial charge in [-0.25, -0.2) is 9.18 Å². The molecule has 0 saturated heterocycles. The minimum absolute atomic E-state index is 0.0811. The lowest BCUT2D eigenvalue weighted by Crippen LogP contribution is -2.47. The number of ether oxygens (including phenoxy) is 1. The average Bonchev–Trinajstić information content (AvgIpc) is 3.53. The highest BCUT2D eigenvalue weighted by atomic mass is 19.1. The molecular formula is C33H36FN7O5. The van der Waals surface area contributed by atoms with Crippen molar-refractivity contribution in [2.75, 3.05) is 23.7 Å². The number of likely N-dealkylation sites (N-methyl/N-ethyl adjacent to an activating group) is 1. The summed E-state index contributed by atoms with van der Waals surface area (Å²) in [6.45, 7) is 6.25. The number of urea groups is 1. The SMILES string of the molecule is CCNC(=O)CCC(NC(=O)c1c[nH]c(-c2cc(Oc3ccc(NC(=O)Nc4cc(C)ccc4F)cc3)ccn2)c1)C(=O)NCC. The van der Waals surface area contributed by atoms with E-state index in [0.29, 0.717) is 41.7 Å². The molecule has 0 saturated carbocycles. The van der Waals surface area contributed by atoms with Crippen molar-refractivity contribution in [2.45, 2.75) is 39.7 Å². The van der Waals surface area contributed by atoms with E-state index in [9.17, 15) is 23.6 Å². The van der Waals surface area contributed by atoms with E-state index in [-0.39, 0.29) is 35.9 Å². The van der Waals surface area contributed by atoms with Crippen LogP contribution in [0.4, 0.5) is 20.6 Å². The molecule has 0 bridgehead atoms. The Hall–Kier alpha value is -5.72. The lowest BCUT2D eigenvalue weighted by molar-refractivity contribution is -0.124. The van der Waals surface area contributed by atoms with Crippen LogP contribution in [0.5, 0.6) is 11.5 Å². The summed E-state index contributed by atoms with van der Waals surface area (Å²) in [7, 11) is 0. The van der Waals surface area contributed by atoms with E-state index in [2.05, 4.69) is 36.6 Å². The molecule has 2 heterocycles. The van der Waals surface area contributed by atoms with Crippen LogP contribution in [-0.4, -0.2) is 52.9 Å². The molecule has 13 heteroatoms. The summed E-state index contributed by atoms with van der Waals surface area (Å²) in [4.78, 5) is 57.2. The summed E-state index contributed by atoms with van der Waals surface area (Å²) in [6.07, 6.45) is 3.31. The van der Waals surface area contributed by atoms with E-state index < -0.39 is 23.8 Å². The Kier molecular flexibility index (Phi) is 11.4. The van der Waals surface area contributed by atoms with E-state index in [1.54, 1.807) is 81.6 Å². The second kappa shape index (κ2) is 15.8. The average molecular weight is 630 g/mol. The number of halogens is 1. The Morgan fingerprint density at radius 3 is 2.41 bits per heavy atom. The van der Waals surface area contributed by atoms with Crippen LogP contribution in [0.3, 0.4) is 0 Å². The zero-order valence-corrected chi connectivity index (χ0v) is 25.7. The third kappa shape index (κ3) is 9.39. The van der Waals surface area contributed by atoms with Crippen LogP contribution in [-0.2, 0) is 9.59 Å². The van der Waals surface area contributed by atoms with Crippen LogP contribution >= 0.6 is 0 Å². The number of hydrogen-bond donors (Lipinski definition) is 6. The zero-order chi connectivity index (χ0) is 33.1. The van der Waals surface area contributed by atoms with Gasteiger partial charge >= 0.3 is 6.03 Å². The fourth-order valence-electron chi connectivity index (χ4n) is 4.43. The van der Waals surface area contributed by atoms with E-state index >= 15 is 0 Å². The molecule has 0 radical (unpaired) electrons. The maximum atomic E-state index is 14.0. The van der Waals surface area contributed by atoms with Crippen molar-refractivity contribution in [3.8, 4) is 22.9 Å². The van der Waals surface area contributed by atoms with E-state index in [4.69, 9.17) is 4.74 Å². The summed E-state index contributed by atoms with van der Waals surface area (Å²) < 4.78 is 19.9. The fourth-order valence-corrected chi connectivity index (χ4v) is 4.43. The first kappa shape index (κ1) is 33.2. The number of nitrogens with zero attached hydrogens (tertiary/aromatic N) is 1. The smallest absolute Gasteiger partial charge is 0.323 e. The maximum Gasteiger partial charge on any atom is 0.323 e. The van der Waals surface area contributed by atoms with Crippen LogP contribution in [0.2, 0.25) is 0 Å². The number of carbonyl (C=O) groups is 4. The lowest BCUT2D eigenvalue weighted by Gasteiger charge is -2.17. The van der Waals surface area contributed by atoms with Crippen LogP contribution in [0.1, 0.15) is 42.6 Å². The third-order valence-corrected chi connectivity index (χ3v) is 6.68. The number of rotatable bonds is 13. The molecule has 1 unspecified atom stereocenters. The number of carbonyl (C=O) groups excluding carboxylic acids is 4. The van der Waals surface area contributed by atoms with Gasteiger partial charge in [0.25, 0.3) is 5.91 Å². The van der Waals surface area contributed by atoms with Gasteiger partial charge in [0.05, 0.1) is 22.6 Å². The lowest BCUT2D eigenvalue weighted by atomic mass is 10.1. The van der Waals surface area contributed by atoms with Crippen molar-refractivity contribution >= 4 is 35.1 Å². The summed E-state index contributed by atoms with van der Waals surface area (Å²) >= 11 is 0. The molecular weight excluding hydrogens is 593 g/mol. The second-order valence-corrected chi connectivity index (χ2v) is 10.3. The molecule has 0 aliphatic rings. The van der Waals surface area contributed by atoms with Gasteiger partial charge in [0.1, 0.15) is 23.4 Å². The topological polar surface area (TPSA) is 166 Å². The van der Waals surface area contributed by atoms with Crippen molar-refractivity contribution in [1.29, 1.82) is 0 Å². The van der Waals surface area contributed by atoms with E-state index in [0.717, 1.165) is 5.56 Å². The molecule has 12 nitrogen and oxygen atoms in total. The molecule has 5 amide bonds. The Labute approximate surface area is 265 Å². The normalized spacial score (nSPS) is 11.2. The molecule has 240 valence electrons. The van der Waals surface area contributed by atoms with Crippen LogP contribution in [0.25, 0.3) is 11.4 Å². The molecule has 4 rings (SSSR count). The Balaban J connectivity index is 1.36. The number of benzene rings is 2. The number of aryl methyl sites for hydroxylation is 1. The number of hydrogen-bond acceptors (Lipinski definition) is 6. The minimum atomic E-state index is -0.879. The largest absolute Gasteiger partial charge is 0.457 e. The second-order valence-electron chi connectivity index (χ2n) is 10.3. The van der Waals surface area contributed by atoms with Crippen molar-refractivity contribution < 1.29 is 28.3 Å². The summed E-state index contributed by atoms with van der Waals surface area (Å²) in [5.74, 6) is -0.616. The summed E-state index contributed by atoms with van der Waals surface area (Å²) in [6, 6.07) is 14.6. The highest BCUT2D eigenvalue weighted by Gasteiger charge is 2.23. The monoisotopic (exact) mass is 629 g/mol. The van der Waals surface area contributed by atoms with Gasteiger partial charge in [-0.1, -0.05) is 6.07 Å². The molecule has 0 fully saturated rings. The minimum Gasteiger partial charge on any atom is -0.457 e. The molecule has 1 atom stereocenters. The molecule has 6 N–H and O–H groups in total. The predicted molar refractivity (Wildman–Crippen MR) is 172 cm³/mol. The number of H-pyrrole nitrogens is 1. The van der Waals surface area contributed by atoms with Crippen molar-refractivity contribution in [3.05, 3.63) is 90.0 Å². The molecule has 2 aromatic carbocycles. The van der Waals surface area contributed by atoms with Crippen LogP contribution < -0.4 is 31.3 Å². The van der Waals surface area contributed by atoms with Gasteiger partial charge in [0.15, 0.2) is 0 Å². The first-order valence-corrected chi connectivity index (χ1v) is 14.8. The van der Waals surface area contributed by atoms with Gasteiger partial charge in [-0.2, -0.15) is 0 Å². The van der Waals surface area contributed by atoms with Crippen LogP contribution in [0, 0.1) is 12.7 Å². The highest BCUT2D eigenvalue weighted by molar-refractivity contribution is 6.00. The number of aromatic nitrogens is 2. The highest BCUT2D eigenvalue weighted by Crippen LogP contribution is 2.27. The van der Waals surface area contributed by atoms with Gasteiger partial charge in [-0.3, -0.25) is 19.4 Å². The first-order valence-electron chi connectivity index (χ1n) is 14.8.